The van der Waals surface area contributed by atoms with Gasteiger partial charge in [0.1, 0.15) is 17.9 Å². The minimum atomic E-state index is -1.52. The summed E-state index contributed by atoms with van der Waals surface area (Å²) in [5.74, 6) is -1.52. The molecule has 0 aliphatic heterocycles. The number of rotatable bonds is 5. The number of hydrogen-bond donors (Lipinski definition) is 1. The number of anilines is 1. The third-order valence-corrected chi connectivity index (χ3v) is 2.59. The Morgan fingerprint density at radius 3 is 2.59 bits per heavy atom. The molecule has 0 saturated heterocycles. The van der Waals surface area contributed by atoms with Gasteiger partial charge in [-0.25, -0.2) is 9.78 Å². The molecule has 1 heterocycles. The molecule has 0 spiro atoms. The molecular formula is C12H16N3NaO5S. The van der Waals surface area contributed by atoms with Gasteiger partial charge in [0.05, 0.1) is 5.97 Å². The molecule has 0 bridgehead atoms. The van der Waals surface area contributed by atoms with Gasteiger partial charge in [0.15, 0.2) is 10.8 Å². The number of aromatic nitrogens is 1. The third kappa shape index (κ3) is 7.21. The predicted octanol–water partition coefficient (Wildman–Crippen LogP) is -2.02. The van der Waals surface area contributed by atoms with Crippen molar-refractivity contribution < 1.29 is 53.8 Å². The molecule has 1 amide bonds. The fraction of sp³-hybridized carbons (Fsp3) is 0.500. The van der Waals surface area contributed by atoms with Crippen molar-refractivity contribution in [3.8, 4) is 0 Å². The fourth-order valence-electron chi connectivity index (χ4n) is 1.15. The van der Waals surface area contributed by atoms with E-state index in [-0.39, 0.29) is 47.0 Å². The number of thiazole rings is 1. The number of aliphatic carboxylic acids is 1. The summed E-state index contributed by atoms with van der Waals surface area (Å²) in [5, 5.41) is 18.4. The van der Waals surface area contributed by atoms with Crippen LogP contribution in [-0.4, -0.2) is 35.0 Å². The van der Waals surface area contributed by atoms with E-state index in [1.807, 2.05) is 0 Å². The molecule has 0 saturated carbocycles. The standard InChI is InChI=1S/C12H17N3O5S.Na/c1-5-19-15-8(9(16)17)7-6-21-10(13-7)14-11(18)20-12(2,3)4;/h6H,5H2,1-4H3,(H,16,17)(H,13,14,18);/q;+1/p-1. The molecule has 0 fully saturated rings. The summed E-state index contributed by atoms with van der Waals surface area (Å²) in [5.41, 5.74) is -1.04. The number of amides is 1. The normalized spacial score (nSPS) is 11.4. The number of nitrogens with one attached hydrogen (secondary N) is 1. The third-order valence-electron chi connectivity index (χ3n) is 1.83. The van der Waals surface area contributed by atoms with E-state index in [9.17, 15) is 14.7 Å². The second-order valence-electron chi connectivity index (χ2n) is 4.81. The van der Waals surface area contributed by atoms with Crippen LogP contribution in [0, 0.1) is 0 Å². The van der Waals surface area contributed by atoms with Crippen molar-refractivity contribution >= 4 is 34.2 Å². The molecule has 1 aromatic rings. The van der Waals surface area contributed by atoms with E-state index in [4.69, 9.17) is 4.74 Å². The summed E-state index contributed by atoms with van der Waals surface area (Å²) in [6.07, 6.45) is -0.680. The Bertz CT molecular complexity index is 553. The summed E-state index contributed by atoms with van der Waals surface area (Å²) in [4.78, 5) is 31.1. The van der Waals surface area contributed by atoms with Crippen LogP contribution in [0.25, 0.3) is 0 Å². The summed E-state index contributed by atoms with van der Waals surface area (Å²) >= 11 is 1.03. The zero-order valence-electron chi connectivity index (χ0n) is 13.1. The molecule has 116 valence electrons. The summed E-state index contributed by atoms with van der Waals surface area (Å²) in [7, 11) is 0. The zero-order chi connectivity index (χ0) is 16.0. The van der Waals surface area contributed by atoms with Gasteiger partial charge in [-0.3, -0.25) is 5.32 Å². The first kappa shape index (κ1) is 20.8. The molecule has 1 aromatic heterocycles. The van der Waals surface area contributed by atoms with Crippen molar-refractivity contribution in [3.05, 3.63) is 11.1 Å². The Morgan fingerprint density at radius 1 is 1.45 bits per heavy atom. The summed E-state index contributed by atoms with van der Waals surface area (Å²) in [6.45, 7) is 7.05. The average Bonchev–Trinajstić information content (AvgIpc) is 2.74. The Labute approximate surface area is 154 Å². The van der Waals surface area contributed by atoms with Crippen LogP contribution in [0.5, 0.6) is 0 Å². The molecule has 1 N–H and O–H groups in total. The smallest absolute Gasteiger partial charge is 0.543 e. The van der Waals surface area contributed by atoms with Gasteiger partial charge in [-0.1, -0.05) is 5.16 Å². The first-order chi connectivity index (χ1) is 9.73. The van der Waals surface area contributed by atoms with Gasteiger partial charge in [0, 0.05) is 5.38 Å². The van der Waals surface area contributed by atoms with Crippen LogP contribution >= 0.6 is 11.3 Å². The minimum absolute atomic E-state index is 0. The first-order valence-electron chi connectivity index (χ1n) is 6.10. The molecule has 10 heteroatoms. The quantitative estimate of drug-likeness (QED) is 0.377. The maximum absolute atomic E-state index is 11.6. The topological polar surface area (TPSA) is 113 Å². The predicted molar refractivity (Wildman–Crippen MR) is 75.1 cm³/mol. The number of ether oxygens (including phenoxy) is 1. The molecule has 22 heavy (non-hydrogen) atoms. The molecule has 0 aliphatic carbocycles. The van der Waals surface area contributed by atoms with E-state index >= 15 is 0 Å². The molecule has 0 aromatic carbocycles. The Balaban J connectivity index is 0.00000441. The number of nitrogens with zero attached hydrogens (tertiary/aromatic N) is 2. The van der Waals surface area contributed by atoms with Gasteiger partial charge in [-0.05, 0) is 27.7 Å². The van der Waals surface area contributed by atoms with E-state index in [2.05, 4.69) is 20.3 Å². The van der Waals surface area contributed by atoms with Crippen molar-refractivity contribution in [1.29, 1.82) is 0 Å². The van der Waals surface area contributed by atoms with Gasteiger partial charge in [-0.15, -0.1) is 11.3 Å². The van der Waals surface area contributed by atoms with E-state index < -0.39 is 23.4 Å². The number of carbonyl (C=O) groups excluding carboxylic acids is 2. The first-order valence-corrected chi connectivity index (χ1v) is 6.98. The summed E-state index contributed by atoms with van der Waals surface area (Å²) in [6, 6.07) is 0. The number of carbonyl (C=O) groups is 2. The number of oxime groups is 1. The molecule has 0 unspecified atom stereocenters. The largest absolute Gasteiger partial charge is 1.00 e. The Morgan fingerprint density at radius 2 is 2.09 bits per heavy atom. The van der Waals surface area contributed by atoms with Crippen molar-refractivity contribution in [2.24, 2.45) is 5.16 Å². The van der Waals surface area contributed by atoms with Crippen molar-refractivity contribution in [2.45, 2.75) is 33.3 Å². The summed E-state index contributed by atoms with van der Waals surface area (Å²) < 4.78 is 5.06. The van der Waals surface area contributed by atoms with E-state index in [0.29, 0.717) is 0 Å². The SMILES string of the molecule is CCON=C(C(=O)[O-])c1csc(NC(=O)OC(C)(C)C)n1.[Na+]. The molecule has 8 nitrogen and oxygen atoms in total. The maximum atomic E-state index is 11.6. The minimum Gasteiger partial charge on any atom is -0.543 e. The average molecular weight is 337 g/mol. The number of carboxylic acids is 1. The maximum Gasteiger partial charge on any atom is 1.00 e. The van der Waals surface area contributed by atoms with Crippen LogP contribution in [0.1, 0.15) is 33.4 Å². The second-order valence-corrected chi connectivity index (χ2v) is 5.67. The van der Waals surface area contributed by atoms with Crippen LogP contribution < -0.4 is 40.0 Å². The molecule has 1 rings (SSSR count). The van der Waals surface area contributed by atoms with Gasteiger partial charge >= 0.3 is 35.7 Å². The van der Waals surface area contributed by atoms with E-state index in [1.54, 1.807) is 27.7 Å². The zero-order valence-corrected chi connectivity index (χ0v) is 15.9. The Hall–Kier alpha value is -1.16. The molecule has 0 atom stereocenters. The number of carboxylic acid groups (broad SMARTS) is 1. The van der Waals surface area contributed by atoms with Gasteiger partial charge in [-0.2, -0.15) is 0 Å². The second kappa shape index (κ2) is 9.09. The van der Waals surface area contributed by atoms with Crippen LogP contribution in [-0.2, 0) is 14.4 Å². The van der Waals surface area contributed by atoms with Gasteiger partial charge in [0.2, 0.25) is 0 Å². The van der Waals surface area contributed by atoms with Crippen LogP contribution in [0.4, 0.5) is 9.93 Å². The van der Waals surface area contributed by atoms with Crippen LogP contribution in [0.3, 0.4) is 0 Å². The fourth-order valence-corrected chi connectivity index (χ4v) is 1.83. The number of hydrogen-bond acceptors (Lipinski definition) is 8. The van der Waals surface area contributed by atoms with Gasteiger partial charge < -0.3 is 19.5 Å². The van der Waals surface area contributed by atoms with Gasteiger partial charge in [0.25, 0.3) is 0 Å². The molecule has 0 aliphatic rings. The molecule has 0 radical (unpaired) electrons. The van der Waals surface area contributed by atoms with Crippen molar-refractivity contribution in [3.63, 3.8) is 0 Å². The van der Waals surface area contributed by atoms with Crippen molar-refractivity contribution in [1.82, 2.24) is 4.98 Å². The Kier molecular flexibility index (Phi) is 8.61. The van der Waals surface area contributed by atoms with Crippen molar-refractivity contribution in [2.75, 3.05) is 11.9 Å². The van der Waals surface area contributed by atoms with E-state index in [0.717, 1.165) is 11.3 Å². The molecular weight excluding hydrogens is 321 g/mol. The van der Waals surface area contributed by atoms with Crippen LogP contribution in [0.2, 0.25) is 0 Å². The van der Waals surface area contributed by atoms with Crippen LogP contribution in [0.15, 0.2) is 10.5 Å². The van der Waals surface area contributed by atoms with E-state index in [1.165, 1.54) is 5.38 Å². The monoisotopic (exact) mass is 337 g/mol.